The van der Waals surface area contributed by atoms with Gasteiger partial charge in [-0.2, -0.15) is 0 Å². The number of hydrogen-bond donors (Lipinski definition) is 1. The first-order valence-electron chi connectivity index (χ1n) is 4.97. The van der Waals surface area contributed by atoms with Gasteiger partial charge < -0.3 is 15.0 Å². The lowest BCUT2D eigenvalue weighted by atomic mass is 10.1. The van der Waals surface area contributed by atoms with Crippen molar-refractivity contribution in [3.05, 3.63) is 48.7 Å². The quantitative estimate of drug-likeness (QED) is 0.799. The molecule has 0 saturated heterocycles. The Hall–Kier alpha value is -2.36. The molecule has 4 nitrogen and oxygen atoms in total. The van der Waals surface area contributed by atoms with Gasteiger partial charge in [-0.3, -0.25) is 4.98 Å². The molecular formula is C13H12NO3-. The molecule has 1 heterocycles. The zero-order chi connectivity index (χ0) is 12.7. The number of rotatable bonds is 1. The second-order valence-electron chi connectivity index (χ2n) is 3.25. The summed E-state index contributed by atoms with van der Waals surface area (Å²) < 4.78 is 0. The minimum absolute atomic E-state index is 0.277. The molecule has 0 fully saturated rings. The number of hydrogen-bond acceptors (Lipinski definition) is 4. The average molecular weight is 230 g/mol. The van der Waals surface area contributed by atoms with E-state index in [2.05, 4.69) is 4.98 Å². The molecule has 2 aromatic rings. The number of aromatic nitrogens is 1. The lowest BCUT2D eigenvalue weighted by Gasteiger charge is -1.99. The molecule has 1 aromatic heterocycles. The van der Waals surface area contributed by atoms with Crippen LogP contribution in [0.5, 0.6) is 5.75 Å². The molecule has 0 aliphatic rings. The number of benzene rings is 1. The van der Waals surface area contributed by atoms with Gasteiger partial charge in [0.1, 0.15) is 5.75 Å². The zero-order valence-corrected chi connectivity index (χ0v) is 9.33. The predicted molar refractivity (Wildman–Crippen MR) is 62.0 cm³/mol. The fourth-order valence-electron chi connectivity index (χ4n) is 1.17. The van der Waals surface area contributed by atoms with Crippen LogP contribution in [0.4, 0.5) is 0 Å². The molecule has 0 amide bonds. The van der Waals surface area contributed by atoms with Gasteiger partial charge in [-0.15, -0.1) is 0 Å². The topological polar surface area (TPSA) is 73.2 Å². The van der Waals surface area contributed by atoms with Crippen molar-refractivity contribution in [2.75, 3.05) is 0 Å². The molecule has 0 bridgehead atoms. The Balaban J connectivity index is 0.000000317. The summed E-state index contributed by atoms with van der Waals surface area (Å²) in [5, 5.41) is 18.0. The molecule has 0 atom stereocenters. The van der Waals surface area contributed by atoms with Crippen LogP contribution in [0.3, 0.4) is 0 Å². The summed E-state index contributed by atoms with van der Waals surface area (Å²) >= 11 is 0. The Morgan fingerprint density at radius 2 is 1.76 bits per heavy atom. The third-order valence-electron chi connectivity index (χ3n) is 1.83. The van der Waals surface area contributed by atoms with Crippen LogP contribution in [-0.2, 0) is 4.79 Å². The van der Waals surface area contributed by atoms with E-state index >= 15 is 0 Å². The van der Waals surface area contributed by atoms with E-state index in [0.29, 0.717) is 0 Å². The average Bonchev–Trinajstić information content (AvgIpc) is 2.30. The first-order chi connectivity index (χ1) is 8.09. The van der Waals surface area contributed by atoms with E-state index < -0.39 is 5.97 Å². The first-order valence-corrected chi connectivity index (χ1v) is 4.97. The van der Waals surface area contributed by atoms with Crippen LogP contribution in [0.15, 0.2) is 48.7 Å². The second kappa shape index (κ2) is 6.27. The third-order valence-corrected chi connectivity index (χ3v) is 1.83. The summed E-state index contributed by atoms with van der Waals surface area (Å²) in [7, 11) is 0. The highest BCUT2D eigenvalue weighted by molar-refractivity contribution is 5.60. The third kappa shape index (κ3) is 4.79. The molecule has 0 aliphatic heterocycles. The minimum Gasteiger partial charge on any atom is -0.550 e. The molecule has 0 unspecified atom stereocenters. The van der Waals surface area contributed by atoms with Gasteiger partial charge >= 0.3 is 0 Å². The number of phenols is 1. The summed E-state index contributed by atoms with van der Waals surface area (Å²) in [5.41, 5.74) is 1.93. The predicted octanol–water partition coefficient (Wildman–Crippen LogP) is 1.21. The molecule has 0 saturated carbocycles. The van der Waals surface area contributed by atoms with Crippen LogP contribution in [0.25, 0.3) is 11.3 Å². The SMILES string of the molecule is CC(=O)[O-].Oc1ccc(-c2ccccn2)cc1. The highest BCUT2D eigenvalue weighted by atomic mass is 16.4. The van der Waals surface area contributed by atoms with E-state index in [1.54, 1.807) is 18.3 Å². The van der Waals surface area contributed by atoms with Crippen LogP contribution in [-0.4, -0.2) is 16.1 Å². The molecule has 0 aliphatic carbocycles. The van der Waals surface area contributed by atoms with Gasteiger partial charge in [-0.05, 0) is 43.3 Å². The van der Waals surface area contributed by atoms with Crippen molar-refractivity contribution >= 4 is 5.97 Å². The highest BCUT2D eigenvalue weighted by Crippen LogP contribution is 2.18. The van der Waals surface area contributed by atoms with Gasteiger partial charge in [0.15, 0.2) is 0 Å². The number of aromatic hydroxyl groups is 1. The van der Waals surface area contributed by atoms with Crippen molar-refractivity contribution in [2.45, 2.75) is 6.92 Å². The van der Waals surface area contributed by atoms with Gasteiger partial charge in [-0.25, -0.2) is 0 Å². The second-order valence-corrected chi connectivity index (χ2v) is 3.25. The Bertz CT molecular complexity index is 462. The molecule has 0 spiro atoms. The number of aliphatic carboxylic acids is 1. The largest absolute Gasteiger partial charge is 0.550 e. The Morgan fingerprint density at radius 3 is 2.24 bits per heavy atom. The number of nitrogens with zero attached hydrogens (tertiary/aromatic N) is 1. The van der Waals surface area contributed by atoms with Crippen molar-refractivity contribution < 1.29 is 15.0 Å². The lowest BCUT2D eigenvalue weighted by Crippen LogP contribution is -2.16. The highest BCUT2D eigenvalue weighted by Gasteiger charge is 1.96. The number of carboxylic acid groups (broad SMARTS) is 1. The summed E-state index contributed by atoms with van der Waals surface area (Å²) in [5.74, 6) is -0.806. The fourth-order valence-corrected chi connectivity index (χ4v) is 1.17. The molecule has 4 heteroatoms. The minimum atomic E-state index is -1.08. The van der Waals surface area contributed by atoms with E-state index in [4.69, 9.17) is 15.0 Å². The maximum Gasteiger partial charge on any atom is 0.115 e. The van der Waals surface area contributed by atoms with Gasteiger partial charge in [0.2, 0.25) is 0 Å². The Kier molecular flexibility index (Phi) is 4.69. The van der Waals surface area contributed by atoms with Gasteiger partial charge in [0.05, 0.1) is 5.69 Å². The normalized spacial score (nSPS) is 9.00. The number of pyridine rings is 1. The van der Waals surface area contributed by atoms with E-state index in [1.807, 2.05) is 30.3 Å². The van der Waals surface area contributed by atoms with Crippen molar-refractivity contribution in [3.63, 3.8) is 0 Å². The van der Waals surface area contributed by atoms with Crippen molar-refractivity contribution in [3.8, 4) is 17.0 Å². The number of carboxylic acids is 1. The fraction of sp³-hybridized carbons (Fsp3) is 0.0769. The van der Waals surface area contributed by atoms with Gasteiger partial charge in [-0.1, -0.05) is 6.07 Å². The zero-order valence-electron chi connectivity index (χ0n) is 9.33. The van der Waals surface area contributed by atoms with Crippen molar-refractivity contribution in [2.24, 2.45) is 0 Å². The summed E-state index contributed by atoms with van der Waals surface area (Å²) in [6, 6.07) is 12.8. The molecule has 2 rings (SSSR count). The van der Waals surface area contributed by atoms with Crippen LogP contribution in [0, 0.1) is 0 Å². The maximum atomic E-state index is 9.08. The van der Waals surface area contributed by atoms with E-state index in [0.717, 1.165) is 18.2 Å². The summed E-state index contributed by atoms with van der Waals surface area (Å²) in [4.78, 5) is 13.1. The number of phenolic OH excluding ortho intramolecular Hbond substituents is 1. The number of carbonyl (C=O) groups excluding carboxylic acids is 1. The number of carbonyl (C=O) groups is 1. The Morgan fingerprint density at radius 1 is 1.18 bits per heavy atom. The van der Waals surface area contributed by atoms with Crippen LogP contribution in [0.1, 0.15) is 6.92 Å². The maximum absolute atomic E-state index is 9.08. The molecule has 1 aromatic carbocycles. The van der Waals surface area contributed by atoms with E-state index in [9.17, 15) is 0 Å². The van der Waals surface area contributed by atoms with E-state index in [-0.39, 0.29) is 5.75 Å². The van der Waals surface area contributed by atoms with Crippen molar-refractivity contribution in [1.82, 2.24) is 4.98 Å². The van der Waals surface area contributed by atoms with Crippen LogP contribution < -0.4 is 5.11 Å². The van der Waals surface area contributed by atoms with E-state index in [1.165, 1.54) is 0 Å². The summed E-state index contributed by atoms with van der Waals surface area (Å²) in [6.07, 6.45) is 1.75. The van der Waals surface area contributed by atoms with Gasteiger partial charge in [0, 0.05) is 17.7 Å². The Labute approximate surface area is 99.2 Å². The van der Waals surface area contributed by atoms with Crippen LogP contribution >= 0.6 is 0 Å². The lowest BCUT2D eigenvalue weighted by molar-refractivity contribution is -0.302. The monoisotopic (exact) mass is 230 g/mol. The smallest absolute Gasteiger partial charge is 0.115 e. The standard InChI is InChI=1S/C11H9NO.C2H4O2/c13-10-6-4-9(5-7-10)11-3-1-2-8-12-11;1-2(3)4/h1-8,13H;1H3,(H,3,4)/p-1. The summed E-state index contributed by atoms with van der Waals surface area (Å²) in [6.45, 7) is 0.972. The molecule has 17 heavy (non-hydrogen) atoms. The molecule has 0 radical (unpaired) electrons. The molecular weight excluding hydrogens is 218 g/mol. The molecule has 1 N–H and O–H groups in total. The van der Waals surface area contributed by atoms with Crippen LogP contribution in [0.2, 0.25) is 0 Å². The van der Waals surface area contributed by atoms with Gasteiger partial charge in [0.25, 0.3) is 0 Å². The first kappa shape index (κ1) is 12.7. The molecule has 88 valence electrons. The van der Waals surface area contributed by atoms with Crippen molar-refractivity contribution in [1.29, 1.82) is 0 Å².